The Morgan fingerprint density at radius 1 is 1.09 bits per heavy atom. The van der Waals surface area contributed by atoms with Gasteiger partial charge in [-0.15, -0.1) is 0 Å². The van der Waals surface area contributed by atoms with Crippen molar-refractivity contribution in [1.29, 1.82) is 0 Å². The summed E-state index contributed by atoms with van der Waals surface area (Å²) in [4.78, 5) is 30.3. The molecule has 2 N–H and O–H groups in total. The summed E-state index contributed by atoms with van der Waals surface area (Å²) in [5.74, 6) is 0.617. The number of carbonyl (C=O) groups is 2. The fourth-order valence-corrected chi connectivity index (χ4v) is 4.43. The third kappa shape index (κ3) is 8.31. The van der Waals surface area contributed by atoms with Gasteiger partial charge < -0.3 is 20.3 Å². The Kier molecular flexibility index (Phi) is 9.15. The molecule has 0 atom stereocenters. The summed E-state index contributed by atoms with van der Waals surface area (Å²) in [6, 6.07) is 5.75. The molecule has 184 valence electrons. The molecule has 2 aliphatic rings. The molecule has 0 radical (unpaired) electrons. The number of morpholine rings is 1. The fraction of sp³-hybridized carbons (Fsp3) is 0.692. The van der Waals surface area contributed by atoms with Gasteiger partial charge >= 0.3 is 0 Å². The van der Waals surface area contributed by atoms with Gasteiger partial charge in [-0.2, -0.15) is 0 Å². The zero-order valence-corrected chi connectivity index (χ0v) is 20.9. The highest BCUT2D eigenvalue weighted by Crippen LogP contribution is 2.29. The average Bonchev–Trinajstić information content (AvgIpc) is 2.76. The molecule has 3 rings (SSSR count). The molecule has 2 saturated heterocycles. The lowest BCUT2D eigenvalue weighted by molar-refractivity contribution is -0.117. The molecule has 0 spiro atoms. The number of nitrogens with zero attached hydrogens (tertiary/aromatic N) is 2. The molecule has 2 aliphatic heterocycles. The van der Waals surface area contributed by atoms with E-state index in [1.54, 1.807) is 0 Å². The SMILES string of the molecule is CC1CCN(c2ccc(NC(=O)CC(C)(C)C)cc2C(=O)NCCCN2CCOCC2)CC1. The van der Waals surface area contributed by atoms with Crippen LogP contribution in [0, 0.1) is 11.3 Å². The van der Waals surface area contributed by atoms with Crippen molar-refractivity contribution in [3.05, 3.63) is 23.8 Å². The van der Waals surface area contributed by atoms with Gasteiger partial charge in [0.25, 0.3) is 5.91 Å². The summed E-state index contributed by atoms with van der Waals surface area (Å²) in [6.45, 7) is 15.4. The van der Waals surface area contributed by atoms with Crippen LogP contribution in [0.1, 0.15) is 63.7 Å². The first-order valence-electron chi connectivity index (χ1n) is 12.5. The second-order valence-electron chi connectivity index (χ2n) is 10.8. The van der Waals surface area contributed by atoms with E-state index >= 15 is 0 Å². The highest BCUT2D eigenvalue weighted by Gasteiger charge is 2.22. The van der Waals surface area contributed by atoms with Gasteiger partial charge in [-0.3, -0.25) is 14.5 Å². The first-order chi connectivity index (χ1) is 15.7. The van der Waals surface area contributed by atoms with Crippen LogP contribution in [0.4, 0.5) is 11.4 Å². The van der Waals surface area contributed by atoms with E-state index in [-0.39, 0.29) is 17.2 Å². The molecule has 7 nitrogen and oxygen atoms in total. The molecule has 2 heterocycles. The number of carbonyl (C=O) groups excluding carboxylic acids is 2. The molecule has 0 aliphatic carbocycles. The zero-order chi connectivity index (χ0) is 23.8. The second kappa shape index (κ2) is 11.8. The number of ether oxygens (including phenoxy) is 1. The van der Waals surface area contributed by atoms with Crippen molar-refractivity contribution < 1.29 is 14.3 Å². The van der Waals surface area contributed by atoms with Gasteiger partial charge in [0.15, 0.2) is 0 Å². The summed E-state index contributed by atoms with van der Waals surface area (Å²) in [5, 5.41) is 6.09. The van der Waals surface area contributed by atoms with E-state index in [9.17, 15) is 9.59 Å². The summed E-state index contributed by atoms with van der Waals surface area (Å²) in [7, 11) is 0. The molecule has 0 bridgehead atoms. The number of hydrogen-bond acceptors (Lipinski definition) is 5. The number of piperidine rings is 1. The number of hydrogen-bond donors (Lipinski definition) is 2. The number of anilines is 2. The van der Waals surface area contributed by atoms with Gasteiger partial charge in [0.2, 0.25) is 5.91 Å². The largest absolute Gasteiger partial charge is 0.379 e. The van der Waals surface area contributed by atoms with E-state index in [0.29, 0.717) is 24.2 Å². The molecule has 0 unspecified atom stereocenters. The van der Waals surface area contributed by atoms with Crippen LogP contribution in [0.25, 0.3) is 0 Å². The lowest BCUT2D eigenvalue weighted by Gasteiger charge is -2.33. The Bertz CT molecular complexity index is 791. The molecular weight excluding hydrogens is 416 g/mol. The third-order valence-corrected chi connectivity index (χ3v) is 6.38. The van der Waals surface area contributed by atoms with Crippen molar-refractivity contribution in [3.63, 3.8) is 0 Å². The van der Waals surface area contributed by atoms with Crippen LogP contribution in [0.3, 0.4) is 0 Å². The number of rotatable bonds is 8. The molecule has 2 amide bonds. The Morgan fingerprint density at radius 3 is 2.45 bits per heavy atom. The minimum absolute atomic E-state index is 0.0288. The highest BCUT2D eigenvalue weighted by atomic mass is 16.5. The fourth-order valence-electron chi connectivity index (χ4n) is 4.43. The molecule has 1 aromatic rings. The monoisotopic (exact) mass is 458 g/mol. The summed E-state index contributed by atoms with van der Waals surface area (Å²) < 4.78 is 5.40. The second-order valence-corrected chi connectivity index (χ2v) is 10.8. The van der Waals surface area contributed by atoms with Gasteiger partial charge in [-0.1, -0.05) is 27.7 Å². The Morgan fingerprint density at radius 2 is 1.79 bits per heavy atom. The third-order valence-electron chi connectivity index (χ3n) is 6.38. The predicted octanol–water partition coefficient (Wildman–Crippen LogP) is 3.75. The van der Waals surface area contributed by atoms with Crippen molar-refractivity contribution >= 4 is 23.2 Å². The Labute approximate surface area is 199 Å². The van der Waals surface area contributed by atoms with E-state index in [1.165, 1.54) is 0 Å². The van der Waals surface area contributed by atoms with Crippen LogP contribution in [-0.2, 0) is 9.53 Å². The molecule has 0 aromatic heterocycles. The smallest absolute Gasteiger partial charge is 0.253 e. The van der Waals surface area contributed by atoms with Gasteiger partial charge in [0.05, 0.1) is 18.8 Å². The van der Waals surface area contributed by atoms with E-state index < -0.39 is 0 Å². The van der Waals surface area contributed by atoms with Crippen molar-refractivity contribution in [2.24, 2.45) is 11.3 Å². The van der Waals surface area contributed by atoms with Crippen LogP contribution in [-0.4, -0.2) is 69.2 Å². The summed E-state index contributed by atoms with van der Waals surface area (Å²) in [5.41, 5.74) is 2.19. The lowest BCUT2D eigenvalue weighted by Crippen LogP contribution is -2.38. The van der Waals surface area contributed by atoms with E-state index in [2.05, 4.69) is 27.4 Å². The van der Waals surface area contributed by atoms with Crippen molar-refractivity contribution in [2.45, 2.75) is 53.4 Å². The summed E-state index contributed by atoms with van der Waals surface area (Å²) in [6.07, 6.45) is 3.60. The molecule has 0 saturated carbocycles. The van der Waals surface area contributed by atoms with Crippen LogP contribution in [0.15, 0.2) is 18.2 Å². The maximum Gasteiger partial charge on any atom is 0.253 e. The summed E-state index contributed by atoms with van der Waals surface area (Å²) >= 11 is 0. The zero-order valence-electron chi connectivity index (χ0n) is 20.9. The average molecular weight is 459 g/mol. The van der Waals surface area contributed by atoms with Crippen LogP contribution >= 0.6 is 0 Å². The van der Waals surface area contributed by atoms with Crippen LogP contribution in [0.5, 0.6) is 0 Å². The number of nitrogens with one attached hydrogen (secondary N) is 2. The minimum atomic E-state index is -0.0881. The number of benzene rings is 1. The molecule has 2 fully saturated rings. The number of amides is 2. The van der Waals surface area contributed by atoms with Gasteiger partial charge in [0, 0.05) is 50.5 Å². The topological polar surface area (TPSA) is 73.9 Å². The van der Waals surface area contributed by atoms with Gasteiger partial charge in [-0.25, -0.2) is 0 Å². The van der Waals surface area contributed by atoms with E-state index in [1.807, 2.05) is 39.0 Å². The standard InChI is InChI=1S/C26H42N4O3/c1-20-8-12-30(13-9-20)23-7-6-21(28-24(31)19-26(2,3)4)18-22(23)25(32)27-10-5-11-29-14-16-33-17-15-29/h6-7,18,20H,5,8-17,19H2,1-4H3,(H,27,32)(H,28,31). The molecule has 7 heteroatoms. The highest BCUT2D eigenvalue weighted by molar-refractivity contribution is 6.02. The van der Waals surface area contributed by atoms with E-state index in [0.717, 1.165) is 76.8 Å². The maximum atomic E-state index is 13.2. The van der Waals surface area contributed by atoms with Crippen molar-refractivity contribution in [2.75, 3.05) is 62.7 Å². The van der Waals surface area contributed by atoms with Crippen LogP contribution in [0.2, 0.25) is 0 Å². The molecule has 33 heavy (non-hydrogen) atoms. The molecular formula is C26H42N4O3. The Hall–Kier alpha value is -2.12. The van der Waals surface area contributed by atoms with Gasteiger partial charge in [-0.05, 0) is 55.3 Å². The van der Waals surface area contributed by atoms with E-state index in [4.69, 9.17) is 4.74 Å². The lowest BCUT2D eigenvalue weighted by atomic mass is 9.92. The Balaban J connectivity index is 1.66. The first-order valence-corrected chi connectivity index (χ1v) is 12.5. The predicted molar refractivity (Wildman–Crippen MR) is 134 cm³/mol. The van der Waals surface area contributed by atoms with Gasteiger partial charge in [0.1, 0.15) is 0 Å². The van der Waals surface area contributed by atoms with Crippen molar-refractivity contribution in [3.8, 4) is 0 Å². The minimum Gasteiger partial charge on any atom is -0.379 e. The molecule has 1 aromatic carbocycles. The first kappa shape index (κ1) is 25.5. The normalized spacial score (nSPS) is 18.2. The quantitative estimate of drug-likeness (QED) is 0.581. The maximum absolute atomic E-state index is 13.2. The van der Waals surface area contributed by atoms with Crippen molar-refractivity contribution in [1.82, 2.24) is 10.2 Å². The van der Waals surface area contributed by atoms with Crippen LogP contribution < -0.4 is 15.5 Å².